The van der Waals surface area contributed by atoms with Gasteiger partial charge in [0.05, 0.1) is 5.69 Å². The van der Waals surface area contributed by atoms with Gasteiger partial charge in [-0.1, -0.05) is 38.1 Å². The first-order valence-electron chi connectivity index (χ1n) is 7.63. The van der Waals surface area contributed by atoms with E-state index in [1.807, 2.05) is 25.4 Å². The summed E-state index contributed by atoms with van der Waals surface area (Å²) in [5, 5.41) is 0. The molecule has 110 valence electrons. The summed E-state index contributed by atoms with van der Waals surface area (Å²) in [4.78, 5) is 8.90. The van der Waals surface area contributed by atoms with Crippen LogP contribution in [0.1, 0.15) is 31.0 Å². The van der Waals surface area contributed by atoms with Gasteiger partial charge < -0.3 is 0 Å². The summed E-state index contributed by atoms with van der Waals surface area (Å²) in [7, 11) is 0. The Balaban J connectivity index is 2.01. The number of hydrogen-bond donors (Lipinski definition) is 0. The van der Waals surface area contributed by atoms with Crippen LogP contribution in [0.3, 0.4) is 0 Å². The van der Waals surface area contributed by atoms with Gasteiger partial charge in [-0.15, -0.1) is 0 Å². The summed E-state index contributed by atoms with van der Waals surface area (Å²) in [6, 6.07) is 16.9. The zero-order valence-corrected chi connectivity index (χ0v) is 13.2. The van der Waals surface area contributed by atoms with Gasteiger partial charge in [-0.2, -0.15) is 0 Å². The van der Waals surface area contributed by atoms with E-state index in [1.54, 1.807) is 0 Å². The summed E-state index contributed by atoms with van der Waals surface area (Å²) in [5.41, 5.74) is 6.81. The molecule has 0 aliphatic rings. The van der Waals surface area contributed by atoms with E-state index in [0.717, 1.165) is 22.5 Å². The fourth-order valence-corrected chi connectivity index (χ4v) is 2.46. The summed E-state index contributed by atoms with van der Waals surface area (Å²) >= 11 is 0. The molecule has 0 saturated carbocycles. The minimum atomic E-state index is 0.506. The van der Waals surface area contributed by atoms with Crippen molar-refractivity contribution >= 4 is 0 Å². The monoisotopic (exact) mass is 288 g/mol. The summed E-state index contributed by atoms with van der Waals surface area (Å²) in [6.45, 7) is 6.41. The fourth-order valence-electron chi connectivity index (χ4n) is 2.46. The van der Waals surface area contributed by atoms with Crippen molar-refractivity contribution in [1.29, 1.82) is 0 Å². The van der Waals surface area contributed by atoms with Crippen LogP contribution < -0.4 is 0 Å². The number of benzene rings is 1. The van der Waals surface area contributed by atoms with Crippen LogP contribution in [0.2, 0.25) is 0 Å². The van der Waals surface area contributed by atoms with Crippen LogP contribution in [-0.2, 0) is 0 Å². The van der Waals surface area contributed by atoms with Crippen molar-refractivity contribution in [3.05, 3.63) is 72.2 Å². The molecule has 22 heavy (non-hydrogen) atoms. The largest absolute Gasteiger partial charge is 0.261 e. The van der Waals surface area contributed by atoms with Crippen molar-refractivity contribution in [1.82, 2.24) is 9.97 Å². The third kappa shape index (κ3) is 3.06. The highest BCUT2D eigenvalue weighted by molar-refractivity contribution is 5.71. The van der Waals surface area contributed by atoms with Crippen molar-refractivity contribution in [2.24, 2.45) is 0 Å². The molecule has 0 saturated heterocycles. The average molecular weight is 288 g/mol. The minimum absolute atomic E-state index is 0.506. The van der Waals surface area contributed by atoms with Crippen molar-refractivity contribution in [3.8, 4) is 22.4 Å². The molecule has 0 spiro atoms. The van der Waals surface area contributed by atoms with E-state index >= 15 is 0 Å². The lowest BCUT2D eigenvalue weighted by Gasteiger charge is -2.09. The molecule has 2 aromatic heterocycles. The van der Waals surface area contributed by atoms with Gasteiger partial charge in [0.15, 0.2) is 0 Å². The summed E-state index contributed by atoms with van der Waals surface area (Å²) in [6.07, 6.45) is 3.82. The zero-order valence-electron chi connectivity index (χ0n) is 13.2. The highest BCUT2D eigenvalue weighted by atomic mass is 14.7. The Hall–Kier alpha value is -2.48. The first-order chi connectivity index (χ1) is 10.6. The molecule has 2 nitrogen and oxygen atoms in total. The maximum atomic E-state index is 4.53. The van der Waals surface area contributed by atoms with E-state index < -0.39 is 0 Å². The normalized spacial score (nSPS) is 10.9. The molecular weight excluding hydrogens is 268 g/mol. The van der Waals surface area contributed by atoms with E-state index in [2.05, 4.69) is 66.3 Å². The maximum absolute atomic E-state index is 4.53. The first-order valence-corrected chi connectivity index (χ1v) is 7.63. The van der Waals surface area contributed by atoms with Crippen molar-refractivity contribution in [3.63, 3.8) is 0 Å². The van der Waals surface area contributed by atoms with E-state index in [4.69, 9.17) is 0 Å². The molecule has 0 atom stereocenters. The van der Waals surface area contributed by atoms with Crippen LogP contribution in [0.15, 0.2) is 60.9 Å². The molecule has 0 aliphatic carbocycles. The number of rotatable bonds is 3. The number of aryl methyl sites for hydroxylation is 1. The SMILES string of the molecule is Cc1ccc(-c2cccc(-c3cc(C(C)C)ccn3)c2)cn1. The molecular formula is C20H20N2. The van der Waals surface area contributed by atoms with E-state index in [9.17, 15) is 0 Å². The third-order valence-electron chi connectivity index (χ3n) is 3.85. The number of aromatic nitrogens is 2. The van der Waals surface area contributed by atoms with E-state index in [1.165, 1.54) is 11.1 Å². The Kier molecular flexibility index (Phi) is 4.01. The number of hydrogen-bond acceptors (Lipinski definition) is 2. The lowest BCUT2D eigenvalue weighted by molar-refractivity contribution is 0.864. The molecule has 0 bridgehead atoms. The lowest BCUT2D eigenvalue weighted by atomic mass is 9.99. The van der Waals surface area contributed by atoms with Crippen LogP contribution >= 0.6 is 0 Å². The van der Waals surface area contributed by atoms with E-state index in [0.29, 0.717) is 5.92 Å². The van der Waals surface area contributed by atoms with Crippen LogP contribution in [0, 0.1) is 6.92 Å². The predicted octanol–water partition coefficient (Wildman–Crippen LogP) is 5.24. The standard InChI is InChI=1S/C20H20N2/c1-14(2)16-9-10-21-20(12-16)18-6-4-5-17(11-18)19-8-7-15(3)22-13-19/h4-14H,1-3H3. The predicted molar refractivity (Wildman–Crippen MR) is 91.7 cm³/mol. The van der Waals surface area contributed by atoms with Gasteiger partial charge in [-0.3, -0.25) is 9.97 Å². The summed E-state index contributed by atoms with van der Waals surface area (Å²) in [5.74, 6) is 0.506. The molecule has 0 radical (unpaired) electrons. The van der Waals surface area contributed by atoms with Crippen LogP contribution in [0.25, 0.3) is 22.4 Å². The topological polar surface area (TPSA) is 25.8 Å². The van der Waals surface area contributed by atoms with Crippen molar-refractivity contribution in [2.75, 3.05) is 0 Å². The fraction of sp³-hybridized carbons (Fsp3) is 0.200. The molecule has 0 aliphatic heterocycles. The molecule has 0 amide bonds. The molecule has 1 aromatic carbocycles. The van der Waals surface area contributed by atoms with Gasteiger partial charge >= 0.3 is 0 Å². The quantitative estimate of drug-likeness (QED) is 0.658. The Morgan fingerprint density at radius 2 is 1.64 bits per heavy atom. The van der Waals surface area contributed by atoms with Gasteiger partial charge in [-0.05, 0) is 48.2 Å². The van der Waals surface area contributed by atoms with E-state index in [-0.39, 0.29) is 0 Å². The van der Waals surface area contributed by atoms with Crippen LogP contribution in [-0.4, -0.2) is 9.97 Å². The minimum Gasteiger partial charge on any atom is -0.261 e. The molecule has 2 heteroatoms. The maximum Gasteiger partial charge on any atom is 0.0705 e. The Bertz CT molecular complexity index is 774. The number of nitrogens with zero attached hydrogens (tertiary/aromatic N) is 2. The molecule has 3 aromatic rings. The molecule has 3 rings (SSSR count). The Labute approximate surface area is 131 Å². The molecule has 0 fully saturated rings. The lowest BCUT2D eigenvalue weighted by Crippen LogP contribution is -1.91. The number of pyridine rings is 2. The van der Waals surface area contributed by atoms with Gasteiger partial charge in [0.1, 0.15) is 0 Å². The Morgan fingerprint density at radius 1 is 0.818 bits per heavy atom. The first kappa shape index (κ1) is 14.5. The second kappa shape index (κ2) is 6.10. The molecule has 2 heterocycles. The van der Waals surface area contributed by atoms with Crippen molar-refractivity contribution < 1.29 is 0 Å². The smallest absolute Gasteiger partial charge is 0.0705 e. The highest BCUT2D eigenvalue weighted by Crippen LogP contribution is 2.26. The molecule has 0 unspecified atom stereocenters. The second-order valence-corrected chi connectivity index (χ2v) is 5.90. The van der Waals surface area contributed by atoms with Gasteiger partial charge in [0.25, 0.3) is 0 Å². The van der Waals surface area contributed by atoms with Crippen LogP contribution in [0.5, 0.6) is 0 Å². The van der Waals surface area contributed by atoms with Crippen molar-refractivity contribution in [2.45, 2.75) is 26.7 Å². The van der Waals surface area contributed by atoms with Crippen LogP contribution in [0.4, 0.5) is 0 Å². The molecule has 0 N–H and O–H groups in total. The van der Waals surface area contributed by atoms with Gasteiger partial charge in [0.2, 0.25) is 0 Å². The average Bonchev–Trinajstić information content (AvgIpc) is 2.56. The second-order valence-electron chi connectivity index (χ2n) is 5.90. The van der Waals surface area contributed by atoms with Gasteiger partial charge in [0, 0.05) is 29.2 Å². The highest BCUT2D eigenvalue weighted by Gasteiger charge is 2.05. The third-order valence-corrected chi connectivity index (χ3v) is 3.85. The Morgan fingerprint density at radius 3 is 2.36 bits per heavy atom. The van der Waals surface area contributed by atoms with Gasteiger partial charge in [-0.25, -0.2) is 0 Å². The summed E-state index contributed by atoms with van der Waals surface area (Å²) < 4.78 is 0. The zero-order chi connectivity index (χ0) is 15.5.